The quantitative estimate of drug-likeness (QED) is 0.584. The van der Waals surface area contributed by atoms with E-state index in [-0.39, 0.29) is 11.4 Å². The zero-order valence-corrected chi connectivity index (χ0v) is 9.01. The Bertz CT molecular complexity index is 368. The van der Waals surface area contributed by atoms with Gasteiger partial charge in [-0.05, 0) is 13.0 Å². The molecule has 0 amide bonds. The van der Waals surface area contributed by atoms with Crippen LogP contribution in [0, 0.1) is 10.1 Å². The fraction of sp³-hybridized carbons (Fsp3) is 0.400. The first kappa shape index (κ1) is 12.3. The normalized spacial score (nSPS) is 9.88. The molecule has 0 aliphatic carbocycles. The Morgan fingerprint density at radius 1 is 1.44 bits per heavy atom. The van der Waals surface area contributed by atoms with E-state index >= 15 is 0 Å². The van der Waals surface area contributed by atoms with Gasteiger partial charge in [0.15, 0.2) is 0 Å². The second kappa shape index (κ2) is 5.92. The molecule has 0 bridgehead atoms. The van der Waals surface area contributed by atoms with E-state index in [1.165, 1.54) is 18.2 Å². The van der Waals surface area contributed by atoms with Crippen LogP contribution in [0.25, 0.3) is 0 Å². The lowest BCUT2D eigenvalue weighted by molar-refractivity contribution is -0.385. The van der Waals surface area contributed by atoms with Gasteiger partial charge in [0.1, 0.15) is 12.4 Å². The Kier molecular flexibility index (Phi) is 4.53. The molecule has 1 aromatic carbocycles. The Morgan fingerprint density at radius 2 is 2.19 bits per heavy atom. The molecule has 0 fully saturated rings. The second-order valence-electron chi connectivity index (χ2n) is 2.96. The lowest BCUT2D eigenvalue weighted by Gasteiger charge is -2.08. The van der Waals surface area contributed by atoms with Crippen LogP contribution in [0.4, 0.5) is 5.69 Å². The molecule has 0 aliphatic rings. The van der Waals surface area contributed by atoms with Crippen molar-refractivity contribution in [2.75, 3.05) is 19.8 Å². The van der Waals surface area contributed by atoms with Crippen molar-refractivity contribution in [3.05, 3.63) is 28.3 Å². The maximum atomic E-state index is 10.7. The number of benzene rings is 1. The summed E-state index contributed by atoms with van der Waals surface area (Å²) in [6.07, 6.45) is 0. The van der Waals surface area contributed by atoms with Crippen molar-refractivity contribution in [2.45, 2.75) is 6.92 Å². The minimum Gasteiger partial charge on any atom is -0.492 e. The maximum Gasteiger partial charge on any atom is 0.311 e. The summed E-state index contributed by atoms with van der Waals surface area (Å²) in [6, 6.07) is 4.38. The van der Waals surface area contributed by atoms with E-state index in [0.29, 0.717) is 25.5 Å². The topological polar surface area (TPSA) is 87.6 Å². The van der Waals surface area contributed by atoms with Crippen LogP contribution in [-0.2, 0) is 0 Å². The largest absolute Gasteiger partial charge is 0.492 e. The monoisotopic (exact) mass is 226 g/mol. The number of ether oxygens (including phenoxy) is 2. The Hall–Kier alpha value is -1.82. The number of rotatable bonds is 6. The van der Waals surface area contributed by atoms with Crippen LogP contribution < -0.4 is 15.2 Å². The van der Waals surface area contributed by atoms with E-state index in [2.05, 4.69) is 0 Å². The number of hydrogen-bond donors (Lipinski definition) is 1. The van der Waals surface area contributed by atoms with Crippen molar-refractivity contribution in [2.24, 2.45) is 5.73 Å². The molecular formula is C10H14N2O4. The molecule has 0 atom stereocenters. The minimum absolute atomic E-state index is 0.0676. The summed E-state index contributed by atoms with van der Waals surface area (Å²) in [5.74, 6) is 0.724. The molecule has 0 aliphatic heterocycles. The molecule has 0 saturated heterocycles. The summed E-state index contributed by atoms with van der Waals surface area (Å²) in [7, 11) is 0. The minimum atomic E-state index is -0.488. The van der Waals surface area contributed by atoms with Crippen molar-refractivity contribution in [3.63, 3.8) is 0 Å². The third-order valence-electron chi connectivity index (χ3n) is 1.81. The van der Waals surface area contributed by atoms with E-state index in [9.17, 15) is 10.1 Å². The van der Waals surface area contributed by atoms with Crippen molar-refractivity contribution in [1.29, 1.82) is 0 Å². The molecule has 2 N–H and O–H groups in total. The van der Waals surface area contributed by atoms with Crippen LogP contribution in [0.5, 0.6) is 11.5 Å². The van der Waals surface area contributed by atoms with E-state index in [1.807, 2.05) is 0 Å². The first-order valence-electron chi connectivity index (χ1n) is 4.93. The van der Waals surface area contributed by atoms with Crippen molar-refractivity contribution in [3.8, 4) is 11.5 Å². The van der Waals surface area contributed by atoms with Gasteiger partial charge in [0.2, 0.25) is 5.75 Å². The van der Waals surface area contributed by atoms with E-state index in [1.54, 1.807) is 6.92 Å². The smallest absolute Gasteiger partial charge is 0.311 e. The molecule has 0 unspecified atom stereocenters. The first-order valence-corrected chi connectivity index (χ1v) is 4.93. The first-order chi connectivity index (χ1) is 7.69. The van der Waals surface area contributed by atoms with Crippen molar-refractivity contribution < 1.29 is 14.4 Å². The summed E-state index contributed by atoms with van der Waals surface area (Å²) in [5, 5.41) is 10.7. The van der Waals surface area contributed by atoms with E-state index < -0.39 is 4.92 Å². The molecule has 0 heterocycles. The van der Waals surface area contributed by atoms with Gasteiger partial charge in [-0.25, -0.2) is 0 Å². The van der Waals surface area contributed by atoms with E-state index in [4.69, 9.17) is 15.2 Å². The fourth-order valence-corrected chi connectivity index (χ4v) is 1.18. The average molecular weight is 226 g/mol. The standard InChI is InChI=1S/C10H14N2O4/c1-2-15-10-7-8(16-6-5-11)3-4-9(10)12(13)14/h3-4,7H,2,5-6,11H2,1H3. The lowest BCUT2D eigenvalue weighted by atomic mass is 10.3. The summed E-state index contributed by atoms with van der Waals surface area (Å²) in [4.78, 5) is 10.2. The van der Waals surface area contributed by atoms with Gasteiger partial charge in [-0.1, -0.05) is 0 Å². The zero-order chi connectivity index (χ0) is 12.0. The third-order valence-corrected chi connectivity index (χ3v) is 1.81. The van der Waals surface area contributed by atoms with Gasteiger partial charge in [-0.15, -0.1) is 0 Å². The average Bonchev–Trinajstić information content (AvgIpc) is 2.26. The highest BCUT2D eigenvalue weighted by atomic mass is 16.6. The molecule has 1 aromatic rings. The predicted octanol–water partition coefficient (Wildman–Crippen LogP) is 1.33. The molecule has 0 spiro atoms. The van der Waals surface area contributed by atoms with Gasteiger partial charge in [0, 0.05) is 18.7 Å². The molecule has 88 valence electrons. The molecule has 6 heteroatoms. The number of nitro groups is 1. The highest BCUT2D eigenvalue weighted by Crippen LogP contribution is 2.31. The molecule has 1 rings (SSSR count). The number of nitrogens with zero attached hydrogens (tertiary/aromatic N) is 1. The molecular weight excluding hydrogens is 212 g/mol. The summed E-state index contributed by atoms with van der Waals surface area (Å²) in [6.45, 7) is 2.88. The highest BCUT2D eigenvalue weighted by Gasteiger charge is 2.15. The lowest BCUT2D eigenvalue weighted by Crippen LogP contribution is -2.10. The fourth-order valence-electron chi connectivity index (χ4n) is 1.18. The van der Waals surface area contributed by atoms with E-state index in [0.717, 1.165) is 0 Å². The SMILES string of the molecule is CCOc1cc(OCCN)ccc1[N+](=O)[O-]. The van der Waals surface area contributed by atoms with Gasteiger partial charge in [0.25, 0.3) is 0 Å². The maximum absolute atomic E-state index is 10.7. The van der Waals surface area contributed by atoms with Crippen LogP contribution in [-0.4, -0.2) is 24.7 Å². The van der Waals surface area contributed by atoms with Gasteiger partial charge in [-0.3, -0.25) is 10.1 Å². The van der Waals surface area contributed by atoms with Crippen LogP contribution in [0.3, 0.4) is 0 Å². The Morgan fingerprint density at radius 3 is 2.75 bits per heavy atom. The summed E-state index contributed by atoms with van der Waals surface area (Å²) in [5.41, 5.74) is 5.22. The molecule has 0 radical (unpaired) electrons. The Labute approximate surface area is 93.1 Å². The Balaban J connectivity index is 2.92. The number of nitrogens with two attached hydrogens (primary N) is 1. The summed E-state index contributed by atoms with van der Waals surface area (Å²) < 4.78 is 10.4. The van der Waals surface area contributed by atoms with Gasteiger partial charge in [-0.2, -0.15) is 0 Å². The predicted molar refractivity (Wildman–Crippen MR) is 58.8 cm³/mol. The van der Waals surface area contributed by atoms with Crippen LogP contribution in [0.15, 0.2) is 18.2 Å². The summed E-state index contributed by atoms with van der Waals surface area (Å²) >= 11 is 0. The molecule has 6 nitrogen and oxygen atoms in total. The van der Waals surface area contributed by atoms with Gasteiger partial charge >= 0.3 is 5.69 Å². The van der Waals surface area contributed by atoms with Gasteiger partial charge < -0.3 is 15.2 Å². The number of hydrogen-bond acceptors (Lipinski definition) is 5. The van der Waals surface area contributed by atoms with Crippen LogP contribution >= 0.6 is 0 Å². The molecule has 0 aromatic heterocycles. The number of nitro benzene ring substituents is 1. The van der Waals surface area contributed by atoms with Crippen molar-refractivity contribution >= 4 is 5.69 Å². The highest BCUT2D eigenvalue weighted by molar-refractivity contribution is 5.50. The molecule has 0 saturated carbocycles. The molecule has 16 heavy (non-hydrogen) atoms. The third kappa shape index (κ3) is 3.09. The van der Waals surface area contributed by atoms with Crippen molar-refractivity contribution in [1.82, 2.24) is 0 Å². The zero-order valence-electron chi connectivity index (χ0n) is 9.01. The van der Waals surface area contributed by atoms with Gasteiger partial charge in [0.05, 0.1) is 11.5 Å². The van der Waals surface area contributed by atoms with Crippen LogP contribution in [0.1, 0.15) is 6.92 Å². The van der Waals surface area contributed by atoms with Crippen LogP contribution in [0.2, 0.25) is 0 Å². The second-order valence-corrected chi connectivity index (χ2v) is 2.96.